The van der Waals surface area contributed by atoms with Crippen molar-refractivity contribution in [2.24, 2.45) is 5.73 Å². The molecule has 2 aromatic carbocycles. The van der Waals surface area contributed by atoms with Gasteiger partial charge in [0, 0.05) is 0 Å². The first kappa shape index (κ1) is 12.7. The minimum Gasteiger partial charge on any atom is -0.506 e. The molecule has 6 heteroatoms. The van der Waals surface area contributed by atoms with Crippen LogP contribution in [0.2, 0.25) is 0 Å². The third kappa shape index (κ3) is 2.57. The van der Waals surface area contributed by atoms with Gasteiger partial charge in [-0.2, -0.15) is 0 Å². The third-order valence-electron chi connectivity index (χ3n) is 2.63. The number of anilines is 1. The van der Waals surface area contributed by atoms with E-state index < -0.39 is 12.0 Å². The number of phenols is 1. The lowest BCUT2D eigenvalue weighted by atomic mass is 10.1. The highest BCUT2D eigenvalue weighted by atomic mass is 16.5. The number of nitrogens with one attached hydrogen (secondary N) is 1. The molecule has 2 rings (SSSR count). The number of rotatable bonds is 2. The van der Waals surface area contributed by atoms with Gasteiger partial charge in [0.1, 0.15) is 5.75 Å². The Morgan fingerprint density at radius 2 is 1.95 bits per heavy atom. The van der Waals surface area contributed by atoms with E-state index in [-0.39, 0.29) is 11.4 Å². The summed E-state index contributed by atoms with van der Waals surface area (Å²) < 4.78 is 4.63. The Bertz CT molecular complexity index is 667. The molecule has 0 aromatic heterocycles. The van der Waals surface area contributed by atoms with E-state index in [0.29, 0.717) is 10.9 Å². The Labute approximate surface area is 108 Å². The number of aromatic hydroxyl groups is 1. The Morgan fingerprint density at radius 1 is 1.21 bits per heavy atom. The second kappa shape index (κ2) is 4.85. The molecule has 0 aliphatic heterocycles. The van der Waals surface area contributed by atoms with E-state index in [2.05, 4.69) is 10.1 Å². The van der Waals surface area contributed by atoms with Crippen molar-refractivity contribution in [2.75, 3.05) is 12.4 Å². The van der Waals surface area contributed by atoms with Gasteiger partial charge in [0.25, 0.3) is 0 Å². The van der Waals surface area contributed by atoms with Crippen molar-refractivity contribution in [1.82, 2.24) is 0 Å². The molecule has 0 bridgehead atoms. The predicted molar refractivity (Wildman–Crippen MR) is 70.2 cm³/mol. The van der Waals surface area contributed by atoms with Crippen molar-refractivity contribution in [2.45, 2.75) is 0 Å². The summed E-state index contributed by atoms with van der Waals surface area (Å²) in [7, 11) is 1.30. The highest BCUT2D eigenvalue weighted by Crippen LogP contribution is 2.29. The summed E-state index contributed by atoms with van der Waals surface area (Å²) in [6, 6.07) is 7.10. The van der Waals surface area contributed by atoms with Gasteiger partial charge in [-0.3, -0.25) is 0 Å². The molecule has 2 aromatic rings. The minimum atomic E-state index is -0.779. The Kier molecular flexibility index (Phi) is 3.24. The standard InChI is InChI=1S/C13H12N2O4/c1-19-12(17)8-3-2-7-6-11(16)10(15-13(14)18)5-9(7)4-8/h2-6,16H,1H3,(H3,14,15,18). The fourth-order valence-electron chi connectivity index (χ4n) is 1.76. The topological polar surface area (TPSA) is 102 Å². The molecule has 0 unspecified atom stereocenters. The van der Waals surface area contributed by atoms with E-state index in [0.717, 1.165) is 5.39 Å². The Morgan fingerprint density at radius 3 is 2.58 bits per heavy atom. The van der Waals surface area contributed by atoms with Crippen LogP contribution in [0, 0.1) is 0 Å². The average Bonchev–Trinajstić information content (AvgIpc) is 2.37. The number of carbonyl (C=O) groups excluding carboxylic acids is 2. The highest BCUT2D eigenvalue weighted by molar-refractivity contribution is 5.99. The van der Waals surface area contributed by atoms with E-state index in [9.17, 15) is 14.7 Å². The van der Waals surface area contributed by atoms with E-state index in [4.69, 9.17) is 5.73 Å². The number of benzene rings is 2. The van der Waals surface area contributed by atoms with Gasteiger partial charge in [-0.1, -0.05) is 6.07 Å². The van der Waals surface area contributed by atoms with Crippen molar-refractivity contribution in [3.63, 3.8) is 0 Å². The summed E-state index contributed by atoms with van der Waals surface area (Å²) in [6.07, 6.45) is 0. The van der Waals surface area contributed by atoms with Crippen LogP contribution < -0.4 is 11.1 Å². The van der Waals surface area contributed by atoms with Crippen molar-refractivity contribution < 1.29 is 19.4 Å². The number of esters is 1. The fraction of sp³-hybridized carbons (Fsp3) is 0.0769. The smallest absolute Gasteiger partial charge is 0.337 e. The molecular weight excluding hydrogens is 248 g/mol. The third-order valence-corrected chi connectivity index (χ3v) is 2.63. The van der Waals surface area contributed by atoms with E-state index >= 15 is 0 Å². The van der Waals surface area contributed by atoms with Crippen LogP contribution in [-0.2, 0) is 4.74 Å². The van der Waals surface area contributed by atoms with Gasteiger partial charge in [0.05, 0.1) is 18.4 Å². The van der Waals surface area contributed by atoms with E-state index in [1.165, 1.54) is 19.2 Å². The molecule has 98 valence electrons. The lowest BCUT2D eigenvalue weighted by Crippen LogP contribution is -2.19. The number of hydrogen-bond acceptors (Lipinski definition) is 4. The van der Waals surface area contributed by atoms with Crippen LogP contribution in [-0.4, -0.2) is 24.2 Å². The van der Waals surface area contributed by atoms with Crippen molar-refractivity contribution >= 4 is 28.5 Å². The van der Waals surface area contributed by atoms with Gasteiger partial charge in [0.15, 0.2) is 0 Å². The zero-order chi connectivity index (χ0) is 14.0. The number of ether oxygens (including phenoxy) is 1. The quantitative estimate of drug-likeness (QED) is 0.566. The molecule has 6 nitrogen and oxygen atoms in total. The van der Waals surface area contributed by atoms with E-state index in [1.807, 2.05) is 0 Å². The van der Waals surface area contributed by atoms with Crippen LogP contribution in [0.3, 0.4) is 0 Å². The molecule has 0 spiro atoms. The predicted octanol–water partition coefficient (Wildman–Crippen LogP) is 1.82. The second-order valence-electron chi connectivity index (χ2n) is 3.91. The first-order valence-corrected chi connectivity index (χ1v) is 5.43. The number of methoxy groups -OCH3 is 1. The van der Waals surface area contributed by atoms with Crippen LogP contribution in [0.25, 0.3) is 10.8 Å². The Hall–Kier alpha value is -2.76. The summed E-state index contributed by atoms with van der Waals surface area (Å²) in [5.74, 6) is -0.559. The number of amides is 2. The van der Waals surface area contributed by atoms with Crippen LogP contribution in [0.4, 0.5) is 10.5 Å². The SMILES string of the molecule is COC(=O)c1ccc2cc(O)c(NC(N)=O)cc2c1. The number of phenolic OH excluding ortho intramolecular Hbond substituents is 1. The number of carbonyl (C=O) groups is 2. The molecule has 2 amide bonds. The van der Waals surface area contributed by atoms with Gasteiger partial charge in [0.2, 0.25) is 0 Å². The van der Waals surface area contributed by atoms with E-state index in [1.54, 1.807) is 18.2 Å². The summed E-state index contributed by atoms with van der Waals surface area (Å²) in [6.45, 7) is 0. The molecule has 0 heterocycles. The largest absolute Gasteiger partial charge is 0.506 e. The number of hydrogen-bond donors (Lipinski definition) is 3. The summed E-state index contributed by atoms with van der Waals surface area (Å²) in [5.41, 5.74) is 5.56. The molecule has 0 saturated heterocycles. The van der Waals surface area contributed by atoms with Crippen LogP contribution >= 0.6 is 0 Å². The van der Waals surface area contributed by atoms with Crippen molar-refractivity contribution in [3.05, 3.63) is 35.9 Å². The van der Waals surface area contributed by atoms with Gasteiger partial charge in [-0.05, 0) is 35.0 Å². The summed E-state index contributed by atoms with van der Waals surface area (Å²) >= 11 is 0. The molecule has 0 radical (unpaired) electrons. The number of nitrogens with two attached hydrogens (primary N) is 1. The average molecular weight is 260 g/mol. The maximum Gasteiger partial charge on any atom is 0.337 e. The minimum absolute atomic E-state index is 0.0999. The molecule has 0 atom stereocenters. The zero-order valence-corrected chi connectivity index (χ0v) is 10.1. The molecule has 19 heavy (non-hydrogen) atoms. The molecule has 4 N–H and O–H groups in total. The van der Waals surface area contributed by atoms with Crippen molar-refractivity contribution in [1.29, 1.82) is 0 Å². The highest BCUT2D eigenvalue weighted by Gasteiger charge is 2.09. The van der Waals surface area contributed by atoms with Crippen LogP contribution in [0.5, 0.6) is 5.75 Å². The summed E-state index contributed by atoms with van der Waals surface area (Å²) in [5, 5.41) is 13.4. The lowest BCUT2D eigenvalue weighted by Gasteiger charge is -2.08. The first-order valence-electron chi connectivity index (χ1n) is 5.43. The van der Waals surface area contributed by atoms with Crippen LogP contribution in [0.15, 0.2) is 30.3 Å². The summed E-state index contributed by atoms with van der Waals surface area (Å²) in [4.78, 5) is 22.2. The number of fused-ring (bicyclic) bond motifs is 1. The lowest BCUT2D eigenvalue weighted by molar-refractivity contribution is 0.0601. The van der Waals surface area contributed by atoms with Gasteiger partial charge < -0.3 is 20.9 Å². The molecular formula is C13H12N2O4. The maximum absolute atomic E-state index is 11.4. The molecule has 0 aliphatic rings. The van der Waals surface area contributed by atoms with Gasteiger partial charge >= 0.3 is 12.0 Å². The van der Waals surface area contributed by atoms with Crippen LogP contribution in [0.1, 0.15) is 10.4 Å². The van der Waals surface area contributed by atoms with Gasteiger partial charge in [-0.15, -0.1) is 0 Å². The Balaban J connectivity index is 2.54. The molecule has 0 aliphatic carbocycles. The first-order chi connectivity index (χ1) is 9.01. The number of primary amides is 1. The molecule has 0 fully saturated rings. The monoisotopic (exact) mass is 260 g/mol. The zero-order valence-electron chi connectivity index (χ0n) is 10.1. The normalized spacial score (nSPS) is 10.2. The second-order valence-corrected chi connectivity index (χ2v) is 3.91. The molecule has 0 saturated carbocycles. The maximum atomic E-state index is 11.4. The van der Waals surface area contributed by atoms with Gasteiger partial charge in [-0.25, -0.2) is 9.59 Å². The fourth-order valence-corrected chi connectivity index (χ4v) is 1.76. The van der Waals surface area contributed by atoms with Crippen molar-refractivity contribution in [3.8, 4) is 5.75 Å². The number of urea groups is 1.